The van der Waals surface area contributed by atoms with Crippen LogP contribution in [0.15, 0.2) is 12.4 Å². The first kappa shape index (κ1) is 8.90. The second-order valence-electron chi connectivity index (χ2n) is 3.13. The number of hydrogen-bond donors (Lipinski definition) is 2. The van der Waals surface area contributed by atoms with Crippen LogP contribution in [0.5, 0.6) is 0 Å². The first-order valence-electron chi connectivity index (χ1n) is 4.45. The number of nitrogens with two attached hydrogens (primary N) is 1. The highest BCUT2D eigenvalue weighted by Crippen LogP contribution is 2.26. The summed E-state index contributed by atoms with van der Waals surface area (Å²) in [5.41, 5.74) is 6.74. The lowest BCUT2D eigenvalue weighted by molar-refractivity contribution is 0.677. The SMILES string of the molecule is NCCN(c1cn[nH]c1)C1CSC1. The topological polar surface area (TPSA) is 57.9 Å². The predicted octanol–water partition coefficient (Wildman–Crippen LogP) is 0.290. The molecule has 2 heterocycles. The van der Waals surface area contributed by atoms with E-state index >= 15 is 0 Å². The van der Waals surface area contributed by atoms with Crippen LogP contribution < -0.4 is 10.6 Å². The zero-order valence-electron chi connectivity index (χ0n) is 7.44. The summed E-state index contributed by atoms with van der Waals surface area (Å²) in [6.07, 6.45) is 3.79. The van der Waals surface area contributed by atoms with Gasteiger partial charge in [-0.05, 0) is 0 Å². The Kier molecular flexibility index (Phi) is 2.75. The van der Waals surface area contributed by atoms with Gasteiger partial charge in [-0.15, -0.1) is 0 Å². The molecule has 0 bridgehead atoms. The Morgan fingerprint density at radius 1 is 1.69 bits per heavy atom. The molecule has 1 aliphatic rings. The fourth-order valence-electron chi connectivity index (χ4n) is 1.47. The third-order valence-electron chi connectivity index (χ3n) is 2.25. The van der Waals surface area contributed by atoms with Crippen LogP contribution in [0.2, 0.25) is 0 Å². The zero-order chi connectivity index (χ0) is 9.10. The highest BCUT2D eigenvalue weighted by molar-refractivity contribution is 8.00. The summed E-state index contributed by atoms with van der Waals surface area (Å²) in [4.78, 5) is 2.33. The summed E-state index contributed by atoms with van der Waals surface area (Å²) in [6, 6.07) is 0.658. The molecular formula is C8H14N4S. The van der Waals surface area contributed by atoms with Crippen molar-refractivity contribution >= 4 is 17.4 Å². The van der Waals surface area contributed by atoms with Crippen molar-refractivity contribution in [2.45, 2.75) is 6.04 Å². The number of thioether (sulfide) groups is 1. The molecule has 0 saturated carbocycles. The molecule has 1 fully saturated rings. The molecule has 1 aromatic rings. The Hall–Kier alpha value is -0.680. The first-order valence-corrected chi connectivity index (χ1v) is 5.60. The Balaban J connectivity index is 2.04. The minimum atomic E-state index is 0.658. The lowest BCUT2D eigenvalue weighted by Crippen LogP contribution is -2.46. The average molecular weight is 198 g/mol. The van der Waals surface area contributed by atoms with Crippen molar-refractivity contribution in [2.75, 3.05) is 29.5 Å². The summed E-state index contributed by atoms with van der Waals surface area (Å²) in [7, 11) is 0. The van der Waals surface area contributed by atoms with Crippen LogP contribution in [-0.2, 0) is 0 Å². The molecule has 13 heavy (non-hydrogen) atoms. The van der Waals surface area contributed by atoms with Gasteiger partial charge >= 0.3 is 0 Å². The van der Waals surface area contributed by atoms with Crippen molar-refractivity contribution < 1.29 is 0 Å². The van der Waals surface area contributed by atoms with Crippen LogP contribution in [0.4, 0.5) is 5.69 Å². The van der Waals surface area contributed by atoms with Crippen molar-refractivity contribution in [3.8, 4) is 0 Å². The second kappa shape index (κ2) is 4.02. The molecule has 3 N–H and O–H groups in total. The average Bonchev–Trinajstić information content (AvgIpc) is 2.51. The predicted molar refractivity (Wildman–Crippen MR) is 56.1 cm³/mol. The highest BCUT2D eigenvalue weighted by Gasteiger charge is 2.25. The van der Waals surface area contributed by atoms with Crippen LogP contribution in [0, 0.1) is 0 Å². The van der Waals surface area contributed by atoms with E-state index in [4.69, 9.17) is 5.73 Å². The summed E-state index contributed by atoms with van der Waals surface area (Å²) >= 11 is 1.98. The van der Waals surface area contributed by atoms with Gasteiger partial charge in [-0.2, -0.15) is 16.9 Å². The van der Waals surface area contributed by atoms with E-state index in [1.807, 2.05) is 24.2 Å². The molecule has 0 radical (unpaired) electrons. The van der Waals surface area contributed by atoms with E-state index in [9.17, 15) is 0 Å². The number of aromatic nitrogens is 2. The standard InChI is InChI=1S/C8H14N4S/c9-1-2-12(8-5-13-6-8)7-3-10-11-4-7/h3-4,8H,1-2,5-6,9H2,(H,10,11). The van der Waals surface area contributed by atoms with Gasteiger partial charge in [0.2, 0.25) is 0 Å². The van der Waals surface area contributed by atoms with Gasteiger partial charge in [0.15, 0.2) is 0 Å². The van der Waals surface area contributed by atoms with Crippen molar-refractivity contribution in [1.29, 1.82) is 0 Å². The largest absolute Gasteiger partial charge is 0.363 e. The molecule has 0 unspecified atom stereocenters. The molecule has 0 aliphatic carbocycles. The lowest BCUT2D eigenvalue weighted by atomic mass is 10.3. The maximum absolute atomic E-state index is 5.57. The van der Waals surface area contributed by atoms with Gasteiger partial charge in [0.1, 0.15) is 0 Å². The molecule has 1 saturated heterocycles. The van der Waals surface area contributed by atoms with Crippen LogP contribution in [0.25, 0.3) is 0 Å². The molecule has 2 rings (SSSR count). The van der Waals surface area contributed by atoms with Gasteiger partial charge in [0.25, 0.3) is 0 Å². The van der Waals surface area contributed by atoms with Crippen molar-refractivity contribution in [3.05, 3.63) is 12.4 Å². The molecule has 1 aliphatic heterocycles. The molecule has 0 atom stereocenters. The maximum atomic E-state index is 5.57. The Bertz CT molecular complexity index is 245. The molecule has 4 nitrogen and oxygen atoms in total. The quantitative estimate of drug-likeness (QED) is 0.730. The lowest BCUT2D eigenvalue weighted by Gasteiger charge is -2.37. The zero-order valence-corrected chi connectivity index (χ0v) is 8.26. The van der Waals surface area contributed by atoms with Gasteiger partial charge < -0.3 is 10.6 Å². The van der Waals surface area contributed by atoms with Crippen molar-refractivity contribution in [3.63, 3.8) is 0 Å². The summed E-state index contributed by atoms with van der Waals surface area (Å²) < 4.78 is 0. The van der Waals surface area contributed by atoms with Crippen molar-refractivity contribution in [2.24, 2.45) is 5.73 Å². The van der Waals surface area contributed by atoms with E-state index in [0.29, 0.717) is 12.6 Å². The van der Waals surface area contributed by atoms with Gasteiger partial charge in [0, 0.05) is 36.8 Å². The second-order valence-corrected chi connectivity index (χ2v) is 4.20. The molecule has 0 amide bonds. The number of nitrogens with zero attached hydrogens (tertiary/aromatic N) is 2. The Labute approximate surface area is 81.9 Å². The summed E-state index contributed by atoms with van der Waals surface area (Å²) in [6.45, 7) is 1.62. The monoisotopic (exact) mass is 198 g/mol. The minimum Gasteiger partial charge on any atom is -0.363 e. The fraction of sp³-hybridized carbons (Fsp3) is 0.625. The number of H-pyrrole nitrogens is 1. The van der Waals surface area contributed by atoms with Gasteiger partial charge in [-0.1, -0.05) is 0 Å². The van der Waals surface area contributed by atoms with E-state index in [1.54, 1.807) is 0 Å². The van der Waals surface area contributed by atoms with E-state index in [1.165, 1.54) is 11.5 Å². The third-order valence-corrected chi connectivity index (χ3v) is 3.49. The number of nitrogens with one attached hydrogen (secondary N) is 1. The Morgan fingerprint density at radius 2 is 2.54 bits per heavy atom. The summed E-state index contributed by atoms with van der Waals surface area (Å²) in [5, 5.41) is 6.78. The number of anilines is 1. The van der Waals surface area contributed by atoms with E-state index in [2.05, 4.69) is 15.1 Å². The molecule has 5 heteroatoms. The first-order chi connectivity index (χ1) is 6.42. The summed E-state index contributed by atoms with van der Waals surface area (Å²) in [5.74, 6) is 2.43. The van der Waals surface area contributed by atoms with Crippen LogP contribution in [0.3, 0.4) is 0 Å². The third kappa shape index (κ3) is 1.81. The molecule has 0 aromatic carbocycles. The fourth-order valence-corrected chi connectivity index (χ4v) is 2.27. The Morgan fingerprint density at radius 3 is 3.00 bits per heavy atom. The maximum Gasteiger partial charge on any atom is 0.0753 e. The van der Waals surface area contributed by atoms with Crippen LogP contribution >= 0.6 is 11.8 Å². The van der Waals surface area contributed by atoms with E-state index in [0.717, 1.165) is 12.2 Å². The van der Waals surface area contributed by atoms with Gasteiger partial charge in [-0.3, -0.25) is 5.10 Å². The molecule has 1 aromatic heterocycles. The molecule has 0 spiro atoms. The van der Waals surface area contributed by atoms with Crippen molar-refractivity contribution in [1.82, 2.24) is 10.2 Å². The van der Waals surface area contributed by atoms with Crippen LogP contribution in [-0.4, -0.2) is 40.8 Å². The highest BCUT2D eigenvalue weighted by atomic mass is 32.2. The van der Waals surface area contributed by atoms with E-state index < -0.39 is 0 Å². The van der Waals surface area contributed by atoms with Gasteiger partial charge in [-0.25, -0.2) is 0 Å². The molecule has 72 valence electrons. The minimum absolute atomic E-state index is 0.658. The van der Waals surface area contributed by atoms with E-state index in [-0.39, 0.29) is 0 Å². The van der Waals surface area contributed by atoms with Crippen LogP contribution in [0.1, 0.15) is 0 Å². The normalized spacial score (nSPS) is 17.0. The number of aromatic amines is 1. The number of rotatable bonds is 4. The van der Waals surface area contributed by atoms with Gasteiger partial charge in [0.05, 0.1) is 11.9 Å². The molecular weight excluding hydrogens is 184 g/mol. The number of hydrogen-bond acceptors (Lipinski definition) is 4. The smallest absolute Gasteiger partial charge is 0.0753 e.